The number of hydrogen-bond acceptors (Lipinski definition) is 1. The summed E-state index contributed by atoms with van der Waals surface area (Å²) in [6, 6.07) is 6.49. The van der Waals surface area contributed by atoms with Gasteiger partial charge < -0.3 is 4.74 Å². The average molecular weight is 257 g/mol. The maximum absolute atomic E-state index is 5.65. The van der Waals surface area contributed by atoms with E-state index >= 15 is 0 Å². The number of benzene rings is 1. The summed E-state index contributed by atoms with van der Waals surface area (Å²) in [5.41, 5.74) is 3.90. The van der Waals surface area contributed by atoms with E-state index in [2.05, 4.69) is 48.0 Å². The molecule has 0 spiro atoms. The second-order valence-electron chi connectivity index (χ2n) is 3.46. The van der Waals surface area contributed by atoms with Gasteiger partial charge in [-0.2, -0.15) is 0 Å². The molecule has 1 unspecified atom stereocenters. The van der Waals surface area contributed by atoms with Crippen molar-refractivity contribution in [3.63, 3.8) is 0 Å². The van der Waals surface area contributed by atoms with Gasteiger partial charge in [-0.05, 0) is 31.9 Å². The SMILES string of the molecule is CCOC(CBr)c1ccc(C)cc1C. The lowest BCUT2D eigenvalue weighted by Gasteiger charge is -2.17. The minimum Gasteiger partial charge on any atom is -0.373 e. The van der Waals surface area contributed by atoms with Gasteiger partial charge in [0.05, 0.1) is 6.10 Å². The third-order valence-electron chi connectivity index (χ3n) is 2.28. The lowest BCUT2D eigenvalue weighted by molar-refractivity contribution is 0.0802. The molecule has 2 heteroatoms. The van der Waals surface area contributed by atoms with Gasteiger partial charge in [-0.1, -0.05) is 39.7 Å². The number of alkyl halides is 1. The van der Waals surface area contributed by atoms with Crippen LogP contribution in [0.4, 0.5) is 0 Å². The molecule has 78 valence electrons. The predicted molar refractivity (Wildman–Crippen MR) is 64.1 cm³/mol. The van der Waals surface area contributed by atoms with Gasteiger partial charge >= 0.3 is 0 Å². The third kappa shape index (κ3) is 2.82. The third-order valence-corrected chi connectivity index (χ3v) is 2.87. The van der Waals surface area contributed by atoms with Crippen molar-refractivity contribution < 1.29 is 4.74 Å². The van der Waals surface area contributed by atoms with E-state index in [1.165, 1.54) is 16.7 Å². The van der Waals surface area contributed by atoms with Crippen molar-refractivity contribution >= 4 is 15.9 Å². The van der Waals surface area contributed by atoms with Crippen LogP contribution in [-0.2, 0) is 4.74 Å². The fraction of sp³-hybridized carbons (Fsp3) is 0.500. The monoisotopic (exact) mass is 256 g/mol. The molecular weight excluding hydrogens is 240 g/mol. The molecule has 0 aliphatic heterocycles. The molecule has 0 N–H and O–H groups in total. The van der Waals surface area contributed by atoms with Crippen LogP contribution in [0.5, 0.6) is 0 Å². The summed E-state index contributed by atoms with van der Waals surface area (Å²) in [6.45, 7) is 7.03. The molecular formula is C12H17BrO. The Bertz CT molecular complexity index is 296. The van der Waals surface area contributed by atoms with Gasteiger partial charge in [0.15, 0.2) is 0 Å². The van der Waals surface area contributed by atoms with Crippen LogP contribution in [0, 0.1) is 13.8 Å². The van der Waals surface area contributed by atoms with E-state index in [4.69, 9.17) is 4.74 Å². The van der Waals surface area contributed by atoms with Crippen LogP contribution < -0.4 is 0 Å². The van der Waals surface area contributed by atoms with Crippen LogP contribution in [0.3, 0.4) is 0 Å². The van der Waals surface area contributed by atoms with Crippen molar-refractivity contribution in [3.8, 4) is 0 Å². The minimum atomic E-state index is 0.181. The second-order valence-corrected chi connectivity index (χ2v) is 4.11. The Kier molecular flexibility index (Phi) is 4.63. The topological polar surface area (TPSA) is 9.23 Å². The molecule has 1 aromatic rings. The van der Waals surface area contributed by atoms with Crippen molar-refractivity contribution in [1.29, 1.82) is 0 Å². The Morgan fingerprint density at radius 2 is 2.07 bits per heavy atom. The van der Waals surface area contributed by atoms with E-state index in [1.807, 2.05) is 6.92 Å². The van der Waals surface area contributed by atoms with Crippen LogP contribution in [0.1, 0.15) is 29.7 Å². The molecule has 1 nitrogen and oxygen atoms in total. The first-order chi connectivity index (χ1) is 6.69. The smallest absolute Gasteiger partial charge is 0.0924 e. The van der Waals surface area contributed by atoms with Gasteiger partial charge in [-0.3, -0.25) is 0 Å². The zero-order valence-electron chi connectivity index (χ0n) is 9.01. The van der Waals surface area contributed by atoms with Crippen molar-refractivity contribution in [2.24, 2.45) is 0 Å². The largest absolute Gasteiger partial charge is 0.373 e. The molecule has 0 aliphatic carbocycles. The van der Waals surface area contributed by atoms with E-state index in [1.54, 1.807) is 0 Å². The minimum absolute atomic E-state index is 0.181. The van der Waals surface area contributed by atoms with E-state index in [-0.39, 0.29) is 6.10 Å². The summed E-state index contributed by atoms with van der Waals surface area (Å²) in [5, 5.41) is 0.852. The second kappa shape index (κ2) is 5.52. The number of aryl methyl sites for hydroxylation is 2. The molecule has 1 aromatic carbocycles. The maximum Gasteiger partial charge on any atom is 0.0924 e. The summed E-state index contributed by atoms with van der Waals surface area (Å²) in [5.74, 6) is 0. The average Bonchev–Trinajstić information content (AvgIpc) is 2.15. The maximum atomic E-state index is 5.65. The number of halogens is 1. The lowest BCUT2D eigenvalue weighted by atomic mass is 10.0. The van der Waals surface area contributed by atoms with Crippen LogP contribution in [0.2, 0.25) is 0 Å². The van der Waals surface area contributed by atoms with E-state index < -0.39 is 0 Å². The Morgan fingerprint density at radius 1 is 1.36 bits per heavy atom. The molecule has 0 amide bonds. The standard InChI is InChI=1S/C12H17BrO/c1-4-14-12(8-13)11-6-5-9(2)7-10(11)3/h5-7,12H,4,8H2,1-3H3. The summed E-state index contributed by atoms with van der Waals surface area (Å²) >= 11 is 3.48. The fourth-order valence-corrected chi connectivity index (χ4v) is 2.14. The van der Waals surface area contributed by atoms with E-state index in [0.29, 0.717) is 0 Å². The van der Waals surface area contributed by atoms with Crippen molar-refractivity contribution in [2.75, 3.05) is 11.9 Å². The number of ether oxygens (including phenoxy) is 1. The van der Waals surface area contributed by atoms with Crippen LogP contribution in [0.15, 0.2) is 18.2 Å². The van der Waals surface area contributed by atoms with Crippen molar-refractivity contribution in [1.82, 2.24) is 0 Å². The van der Waals surface area contributed by atoms with Crippen LogP contribution in [0.25, 0.3) is 0 Å². The molecule has 0 fully saturated rings. The van der Waals surface area contributed by atoms with Gasteiger partial charge in [-0.15, -0.1) is 0 Å². The van der Waals surface area contributed by atoms with Crippen molar-refractivity contribution in [2.45, 2.75) is 26.9 Å². The summed E-state index contributed by atoms with van der Waals surface area (Å²) in [7, 11) is 0. The van der Waals surface area contributed by atoms with Gasteiger partial charge in [0, 0.05) is 11.9 Å². The first-order valence-corrected chi connectivity index (χ1v) is 6.06. The Labute approximate surface area is 94.6 Å². The summed E-state index contributed by atoms with van der Waals surface area (Å²) in [4.78, 5) is 0. The quantitative estimate of drug-likeness (QED) is 0.746. The fourth-order valence-electron chi connectivity index (χ4n) is 1.61. The highest BCUT2D eigenvalue weighted by atomic mass is 79.9. The first kappa shape index (κ1) is 11.7. The molecule has 0 heterocycles. The first-order valence-electron chi connectivity index (χ1n) is 4.93. The molecule has 0 saturated heterocycles. The van der Waals surface area contributed by atoms with Crippen LogP contribution >= 0.6 is 15.9 Å². The lowest BCUT2D eigenvalue weighted by Crippen LogP contribution is -2.07. The normalized spacial score (nSPS) is 12.9. The molecule has 1 atom stereocenters. The number of hydrogen-bond donors (Lipinski definition) is 0. The highest BCUT2D eigenvalue weighted by molar-refractivity contribution is 9.09. The molecule has 0 radical (unpaired) electrons. The highest BCUT2D eigenvalue weighted by Gasteiger charge is 2.11. The van der Waals surface area contributed by atoms with Gasteiger partial charge in [-0.25, -0.2) is 0 Å². The summed E-state index contributed by atoms with van der Waals surface area (Å²) in [6.07, 6.45) is 0.181. The summed E-state index contributed by atoms with van der Waals surface area (Å²) < 4.78 is 5.65. The van der Waals surface area contributed by atoms with Gasteiger partial charge in [0.25, 0.3) is 0 Å². The molecule has 0 aromatic heterocycles. The molecule has 14 heavy (non-hydrogen) atoms. The zero-order chi connectivity index (χ0) is 10.6. The molecule has 0 saturated carbocycles. The van der Waals surface area contributed by atoms with Gasteiger partial charge in [0.2, 0.25) is 0 Å². The van der Waals surface area contributed by atoms with Crippen LogP contribution in [-0.4, -0.2) is 11.9 Å². The molecule has 0 aliphatic rings. The molecule has 0 bridgehead atoms. The van der Waals surface area contributed by atoms with Crippen molar-refractivity contribution in [3.05, 3.63) is 34.9 Å². The highest BCUT2D eigenvalue weighted by Crippen LogP contribution is 2.23. The van der Waals surface area contributed by atoms with Gasteiger partial charge in [0.1, 0.15) is 0 Å². The van der Waals surface area contributed by atoms with E-state index in [0.717, 1.165) is 11.9 Å². The number of rotatable bonds is 4. The Morgan fingerprint density at radius 3 is 2.57 bits per heavy atom. The van der Waals surface area contributed by atoms with E-state index in [9.17, 15) is 0 Å². The molecule has 1 rings (SSSR count). The predicted octanol–water partition coefficient (Wildman–Crippen LogP) is 3.78. The Balaban J connectivity index is 2.92. The Hall–Kier alpha value is -0.340. The zero-order valence-corrected chi connectivity index (χ0v) is 10.6.